The summed E-state index contributed by atoms with van der Waals surface area (Å²) < 4.78 is 83.5. The zero-order chi connectivity index (χ0) is 35.2. The molecule has 0 radical (unpaired) electrons. The molecular weight excluding hydrogens is 679 g/mol. The van der Waals surface area contributed by atoms with Crippen LogP contribution in [0.2, 0.25) is 0 Å². The molecule has 0 aromatic heterocycles. The third kappa shape index (κ3) is 10.3. The number of fused-ring (bicyclic) bond motifs is 2. The summed E-state index contributed by atoms with van der Waals surface area (Å²) in [7, 11) is -7.60. The summed E-state index contributed by atoms with van der Waals surface area (Å²) in [5.41, 5.74) is 0.184. The Hall–Kier alpha value is -2.99. The third-order valence-electron chi connectivity index (χ3n) is 8.85. The fourth-order valence-corrected chi connectivity index (χ4v) is 8.50. The number of benzene rings is 2. The molecule has 3 heterocycles. The van der Waals surface area contributed by atoms with Crippen LogP contribution < -0.4 is 19.5 Å². The predicted molar refractivity (Wildman–Crippen MR) is 179 cm³/mol. The van der Waals surface area contributed by atoms with E-state index in [1.54, 1.807) is 6.07 Å². The van der Waals surface area contributed by atoms with Crippen molar-refractivity contribution >= 4 is 26.1 Å². The maximum absolute atomic E-state index is 14.3. The third-order valence-corrected chi connectivity index (χ3v) is 11.4. The zero-order valence-electron chi connectivity index (χ0n) is 28.1. The smallest absolute Gasteiger partial charge is 0.407 e. The van der Waals surface area contributed by atoms with Gasteiger partial charge in [-0.25, -0.2) is 26.4 Å². The number of nitrogens with zero attached hydrogens (tertiary/aromatic N) is 1. The van der Waals surface area contributed by atoms with Crippen molar-refractivity contribution in [1.82, 2.24) is 14.3 Å². The van der Waals surface area contributed by atoms with Gasteiger partial charge in [-0.15, -0.1) is 0 Å². The van der Waals surface area contributed by atoms with E-state index < -0.39 is 56.1 Å². The summed E-state index contributed by atoms with van der Waals surface area (Å²) in [5.74, 6) is 0.658. The first kappa shape index (κ1) is 37.3. The number of hydrogen-bond acceptors (Lipinski definition) is 11. The number of rotatable bonds is 16. The lowest BCUT2D eigenvalue weighted by molar-refractivity contribution is -0.0907. The lowest BCUT2D eigenvalue weighted by Gasteiger charge is -2.35. The molecule has 272 valence electrons. The molecule has 0 aliphatic carbocycles. The number of aliphatic hydroxyl groups is 1. The molecular formula is C33H47N3O11S2. The van der Waals surface area contributed by atoms with Gasteiger partial charge in [0.05, 0.1) is 42.4 Å². The number of carbonyl (C=O) groups is 1. The van der Waals surface area contributed by atoms with Crippen molar-refractivity contribution in [1.29, 1.82) is 0 Å². The number of hydrogen-bond donors (Lipinski definition) is 3. The van der Waals surface area contributed by atoms with Gasteiger partial charge in [-0.05, 0) is 48.8 Å². The standard InChI is InChI=1S/C33H47N3O11S2/c1-33(2,13-7-14-34-48(3,39)40)22-36(49(41,42)24-10-11-28-29(19-24)44-17-16-43-28)20-27(37)26(18-23-8-5-4-6-9-23)35-32(38)47-30-21-46-31-25(30)12-15-45-31/h4-6,8-11,19,25-27,30-31,34,37H,7,12-18,20-22H2,1-3H3,(H,35,38)/t25-,26-,27+,30-,31+/m0/s1. The van der Waals surface area contributed by atoms with Crippen molar-refractivity contribution < 1.29 is 50.4 Å². The normalized spacial score (nSPS) is 22.0. The second-order valence-electron chi connectivity index (χ2n) is 13.5. The van der Waals surface area contributed by atoms with Crippen molar-refractivity contribution in [3.05, 3.63) is 54.1 Å². The van der Waals surface area contributed by atoms with Gasteiger partial charge >= 0.3 is 6.09 Å². The number of sulfonamides is 2. The molecule has 2 fully saturated rings. The topological polar surface area (TPSA) is 179 Å². The lowest BCUT2D eigenvalue weighted by atomic mass is 9.87. The summed E-state index contributed by atoms with van der Waals surface area (Å²) in [6.45, 7) is 4.94. The molecule has 2 aromatic carbocycles. The van der Waals surface area contributed by atoms with Crippen LogP contribution in [0.15, 0.2) is 53.4 Å². The van der Waals surface area contributed by atoms with E-state index in [0.717, 1.165) is 11.8 Å². The first-order chi connectivity index (χ1) is 23.2. The fraction of sp³-hybridized carbons (Fsp3) is 0.606. The highest BCUT2D eigenvalue weighted by Gasteiger charge is 2.44. The van der Waals surface area contributed by atoms with Gasteiger partial charge in [-0.1, -0.05) is 44.2 Å². The molecule has 2 saturated heterocycles. The number of nitrogens with one attached hydrogen (secondary N) is 2. The van der Waals surface area contributed by atoms with Crippen molar-refractivity contribution in [2.75, 3.05) is 52.3 Å². The highest BCUT2D eigenvalue weighted by Crippen LogP contribution is 2.35. The number of carbonyl (C=O) groups excluding carboxylic acids is 1. The van der Waals surface area contributed by atoms with Crippen molar-refractivity contribution in [3.8, 4) is 11.5 Å². The summed E-state index contributed by atoms with van der Waals surface area (Å²) in [5, 5.41) is 14.6. The van der Waals surface area contributed by atoms with E-state index in [4.69, 9.17) is 23.7 Å². The van der Waals surface area contributed by atoms with Crippen LogP contribution in [0.3, 0.4) is 0 Å². The maximum Gasteiger partial charge on any atom is 0.407 e. The Labute approximate surface area is 288 Å². The van der Waals surface area contributed by atoms with E-state index in [2.05, 4.69) is 10.0 Å². The average molecular weight is 726 g/mol. The molecule has 5 atom stereocenters. The molecule has 3 aliphatic heterocycles. The molecule has 16 heteroatoms. The summed E-state index contributed by atoms with van der Waals surface area (Å²) >= 11 is 0. The van der Waals surface area contributed by atoms with Crippen LogP contribution in [0.5, 0.6) is 11.5 Å². The van der Waals surface area contributed by atoms with Crippen LogP contribution in [0.4, 0.5) is 4.79 Å². The molecule has 0 unspecified atom stereocenters. The molecule has 1 amide bonds. The average Bonchev–Trinajstić information content (AvgIpc) is 3.67. The Morgan fingerprint density at radius 1 is 1.04 bits per heavy atom. The summed E-state index contributed by atoms with van der Waals surface area (Å²) in [4.78, 5) is 13.2. The van der Waals surface area contributed by atoms with E-state index in [-0.39, 0.29) is 50.1 Å². The minimum atomic E-state index is -4.23. The van der Waals surface area contributed by atoms with Crippen LogP contribution in [-0.4, -0.2) is 109 Å². The number of aliphatic hydroxyl groups excluding tert-OH is 1. The summed E-state index contributed by atoms with van der Waals surface area (Å²) in [6.07, 6.45) is -0.101. The fourth-order valence-electron chi connectivity index (χ4n) is 6.32. The molecule has 2 aromatic rings. The monoisotopic (exact) mass is 725 g/mol. The number of alkyl carbamates (subject to hydrolysis) is 1. The SMILES string of the molecule is CC(C)(CCCNS(C)(=O)=O)CN(C[C@@H](O)[C@H](Cc1ccccc1)NC(=O)O[C@H]1CO[C@H]2OCC[C@H]21)S(=O)(=O)c1ccc2c(c1)OCCO2. The Bertz CT molecular complexity index is 1640. The molecule has 5 rings (SSSR count). The Kier molecular flexibility index (Phi) is 12.1. The Balaban J connectivity index is 1.37. The first-order valence-corrected chi connectivity index (χ1v) is 19.8. The van der Waals surface area contributed by atoms with Crippen LogP contribution in [-0.2, 0) is 40.7 Å². The largest absolute Gasteiger partial charge is 0.486 e. The highest BCUT2D eigenvalue weighted by atomic mass is 32.2. The van der Waals surface area contributed by atoms with Gasteiger partial charge in [-0.3, -0.25) is 0 Å². The van der Waals surface area contributed by atoms with Crippen LogP contribution in [0.1, 0.15) is 38.7 Å². The lowest BCUT2D eigenvalue weighted by Crippen LogP contribution is -2.52. The van der Waals surface area contributed by atoms with Gasteiger partial charge in [0, 0.05) is 25.7 Å². The van der Waals surface area contributed by atoms with Crippen molar-refractivity contribution in [2.24, 2.45) is 11.3 Å². The second kappa shape index (κ2) is 15.9. The number of ether oxygens (including phenoxy) is 5. The van der Waals surface area contributed by atoms with Crippen LogP contribution >= 0.6 is 0 Å². The van der Waals surface area contributed by atoms with Gasteiger partial charge in [0.25, 0.3) is 0 Å². The molecule has 14 nitrogen and oxygen atoms in total. The number of amides is 1. The van der Waals surface area contributed by atoms with E-state index in [1.807, 2.05) is 44.2 Å². The van der Waals surface area contributed by atoms with Gasteiger partial charge in [0.15, 0.2) is 17.8 Å². The van der Waals surface area contributed by atoms with Gasteiger partial charge in [0.1, 0.15) is 19.3 Å². The van der Waals surface area contributed by atoms with E-state index in [1.165, 1.54) is 16.4 Å². The highest BCUT2D eigenvalue weighted by molar-refractivity contribution is 7.89. The van der Waals surface area contributed by atoms with E-state index in [9.17, 15) is 26.7 Å². The van der Waals surface area contributed by atoms with Crippen molar-refractivity contribution in [2.45, 2.75) is 69.0 Å². The van der Waals surface area contributed by atoms with E-state index >= 15 is 0 Å². The first-order valence-electron chi connectivity index (χ1n) is 16.5. The minimum absolute atomic E-state index is 0.00923. The van der Waals surface area contributed by atoms with Gasteiger partial charge in [0.2, 0.25) is 20.0 Å². The molecule has 49 heavy (non-hydrogen) atoms. The second-order valence-corrected chi connectivity index (χ2v) is 17.3. The molecule has 0 spiro atoms. The van der Waals surface area contributed by atoms with Crippen LogP contribution in [0.25, 0.3) is 0 Å². The molecule has 0 saturated carbocycles. The minimum Gasteiger partial charge on any atom is -0.486 e. The Morgan fingerprint density at radius 3 is 2.51 bits per heavy atom. The van der Waals surface area contributed by atoms with E-state index in [0.29, 0.717) is 44.0 Å². The summed E-state index contributed by atoms with van der Waals surface area (Å²) in [6, 6.07) is 12.7. The molecule has 3 N–H and O–H groups in total. The predicted octanol–water partition coefficient (Wildman–Crippen LogP) is 2.26. The Morgan fingerprint density at radius 2 is 1.78 bits per heavy atom. The molecule has 0 bridgehead atoms. The van der Waals surface area contributed by atoms with Crippen LogP contribution in [0, 0.1) is 11.3 Å². The quantitative estimate of drug-likeness (QED) is 0.216. The maximum atomic E-state index is 14.3. The van der Waals surface area contributed by atoms with Gasteiger partial charge in [-0.2, -0.15) is 4.31 Å². The zero-order valence-corrected chi connectivity index (χ0v) is 29.7. The van der Waals surface area contributed by atoms with Crippen molar-refractivity contribution in [3.63, 3.8) is 0 Å². The molecule has 3 aliphatic rings. The van der Waals surface area contributed by atoms with Gasteiger partial charge < -0.3 is 34.1 Å².